The van der Waals surface area contributed by atoms with Gasteiger partial charge in [0.05, 0.1) is 6.54 Å². The number of anilines is 1. The zero-order chi connectivity index (χ0) is 21.8. The lowest BCUT2D eigenvalue weighted by molar-refractivity contribution is -0.115. The van der Waals surface area contributed by atoms with Crippen molar-refractivity contribution in [1.29, 1.82) is 0 Å². The first-order chi connectivity index (χ1) is 15.0. The van der Waals surface area contributed by atoms with E-state index in [-0.39, 0.29) is 18.4 Å². The Morgan fingerprint density at radius 2 is 1.81 bits per heavy atom. The van der Waals surface area contributed by atoms with Crippen LogP contribution in [0.2, 0.25) is 0 Å². The van der Waals surface area contributed by atoms with Crippen molar-refractivity contribution in [3.05, 3.63) is 65.0 Å². The van der Waals surface area contributed by atoms with Crippen molar-refractivity contribution in [2.45, 2.75) is 45.4 Å². The van der Waals surface area contributed by atoms with Crippen molar-refractivity contribution < 1.29 is 14.1 Å². The second kappa shape index (κ2) is 9.12. The smallest absolute Gasteiger partial charge is 0.251 e. The molecule has 0 spiro atoms. The highest BCUT2D eigenvalue weighted by atomic mass is 16.5. The van der Waals surface area contributed by atoms with Crippen LogP contribution in [0.5, 0.6) is 0 Å². The number of nitrogens with one attached hydrogen (secondary N) is 2. The highest BCUT2D eigenvalue weighted by Gasteiger charge is 2.23. The zero-order valence-corrected chi connectivity index (χ0v) is 17.8. The van der Waals surface area contributed by atoms with E-state index in [0.29, 0.717) is 23.2 Å². The third-order valence-corrected chi connectivity index (χ3v) is 5.63. The Balaban J connectivity index is 1.33. The fourth-order valence-electron chi connectivity index (χ4n) is 3.79. The monoisotopic (exact) mass is 418 g/mol. The van der Waals surface area contributed by atoms with E-state index in [1.165, 1.54) is 12.8 Å². The van der Waals surface area contributed by atoms with Crippen molar-refractivity contribution in [2.24, 2.45) is 0 Å². The fraction of sp³-hybridized carbons (Fsp3) is 0.333. The molecule has 7 nitrogen and oxygen atoms in total. The normalized spacial score (nSPS) is 13.9. The maximum absolute atomic E-state index is 12.4. The molecule has 160 valence electrons. The first kappa shape index (κ1) is 20.8. The summed E-state index contributed by atoms with van der Waals surface area (Å²) < 4.78 is 5.43. The van der Waals surface area contributed by atoms with Gasteiger partial charge in [-0.2, -0.15) is 4.98 Å². The summed E-state index contributed by atoms with van der Waals surface area (Å²) in [6.07, 6.45) is 4.60. The predicted octanol–water partition coefficient (Wildman–Crippen LogP) is 4.38. The molecule has 2 aromatic carbocycles. The SMILES string of the molecule is Cc1ccc(C)c(NC(=O)CNC(=O)c2ccc(-c3noc(C4CCCC4)n3)cc2)c1. The first-order valence-electron chi connectivity index (χ1n) is 10.6. The van der Waals surface area contributed by atoms with Gasteiger partial charge < -0.3 is 15.2 Å². The van der Waals surface area contributed by atoms with Crippen molar-refractivity contribution in [2.75, 3.05) is 11.9 Å². The van der Waals surface area contributed by atoms with Gasteiger partial charge in [0.15, 0.2) is 0 Å². The molecule has 0 saturated heterocycles. The van der Waals surface area contributed by atoms with E-state index in [9.17, 15) is 9.59 Å². The summed E-state index contributed by atoms with van der Waals surface area (Å²) in [7, 11) is 0. The van der Waals surface area contributed by atoms with Crippen LogP contribution in [-0.2, 0) is 4.79 Å². The summed E-state index contributed by atoms with van der Waals surface area (Å²) in [5.74, 6) is 0.999. The Hall–Kier alpha value is -3.48. The van der Waals surface area contributed by atoms with Crippen LogP contribution in [0.25, 0.3) is 11.4 Å². The largest absolute Gasteiger partial charge is 0.343 e. The molecular formula is C24H26N4O3. The summed E-state index contributed by atoms with van der Waals surface area (Å²) in [4.78, 5) is 29.1. The minimum atomic E-state index is -0.317. The molecule has 1 aliphatic rings. The molecule has 7 heteroatoms. The molecule has 4 rings (SSSR count). The Kier molecular flexibility index (Phi) is 6.11. The lowest BCUT2D eigenvalue weighted by atomic mass is 10.1. The summed E-state index contributed by atoms with van der Waals surface area (Å²) in [6.45, 7) is 3.78. The lowest BCUT2D eigenvalue weighted by Gasteiger charge is -2.10. The van der Waals surface area contributed by atoms with Gasteiger partial charge in [0.2, 0.25) is 17.6 Å². The Morgan fingerprint density at radius 3 is 2.55 bits per heavy atom. The van der Waals surface area contributed by atoms with Gasteiger partial charge in [-0.3, -0.25) is 9.59 Å². The van der Waals surface area contributed by atoms with Crippen LogP contribution in [0.3, 0.4) is 0 Å². The summed E-state index contributed by atoms with van der Waals surface area (Å²) in [5, 5.41) is 9.56. The lowest BCUT2D eigenvalue weighted by Crippen LogP contribution is -2.33. The van der Waals surface area contributed by atoms with Crippen molar-refractivity contribution in [3.8, 4) is 11.4 Å². The standard InChI is InChI=1S/C24H26N4O3/c1-15-7-8-16(2)20(13-15)26-21(29)14-25-23(30)18-11-9-17(10-12-18)22-27-24(31-28-22)19-5-3-4-6-19/h7-13,19H,3-6,14H2,1-2H3,(H,25,30)(H,26,29). The third kappa shape index (κ3) is 4.99. The minimum Gasteiger partial charge on any atom is -0.343 e. The Morgan fingerprint density at radius 1 is 1.06 bits per heavy atom. The van der Waals surface area contributed by atoms with E-state index in [0.717, 1.165) is 35.2 Å². The maximum Gasteiger partial charge on any atom is 0.251 e. The van der Waals surface area contributed by atoms with Gasteiger partial charge in [-0.15, -0.1) is 0 Å². The molecule has 1 heterocycles. The average molecular weight is 418 g/mol. The molecule has 0 bridgehead atoms. The number of hydrogen-bond acceptors (Lipinski definition) is 5. The molecule has 0 aliphatic heterocycles. The topological polar surface area (TPSA) is 97.1 Å². The second-order valence-electron chi connectivity index (χ2n) is 8.06. The van der Waals surface area contributed by atoms with Gasteiger partial charge in [-0.25, -0.2) is 0 Å². The number of nitrogens with zero attached hydrogens (tertiary/aromatic N) is 2. The molecular weight excluding hydrogens is 392 g/mol. The summed E-state index contributed by atoms with van der Waals surface area (Å²) >= 11 is 0. The second-order valence-corrected chi connectivity index (χ2v) is 8.06. The molecule has 31 heavy (non-hydrogen) atoms. The Bertz CT molecular complexity index is 1080. The zero-order valence-electron chi connectivity index (χ0n) is 17.8. The summed E-state index contributed by atoms with van der Waals surface area (Å²) in [6, 6.07) is 12.8. The van der Waals surface area contributed by atoms with E-state index < -0.39 is 0 Å². The molecule has 2 N–H and O–H groups in total. The predicted molar refractivity (Wildman–Crippen MR) is 118 cm³/mol. The molecule has 1 saturated carbocycles. The van der Waals surface area contributed by atoms with E-state index in [2.05, 4.69) is 20.8 Å². The fourth-order valence-corrected chi connectivity index (χ4v) is 3.79. The third-order valence-electron chi connectivity index (χ3n) is 5.63. The van der Waals surface area contributed by atoms with Crippen LogP contribution in [0.4, 0.5) is 5.69 Å². The van der Waals surface area contributed by atoms with Gasteiger partial charge in [0, 0.05) is 22.7 Å². The quantitative estimate of drug-likeness (QED) is 0.619. The van der Waals surface area contributed by atoms with Crippen LogP contribution in [0, 0.1) is 13.8 Å². The molecule has 3 aromatic rings. The first-order valence-corrected chi connectivity index (χ1v) is 10.6. The summed E-state index contributed by atoms with van der Waals surface area (Å²) in [5.41, 5.74) is 4.03. The number of hydrogen-bond donors (Lipinski definition) is 2. The molecule has 0 unspecified atom stereocenters. The van der Waals surface area contributed by atoms with Crippen LogP contribution in [0.15, 0.2) is 47.0 Å². The molecule has 2 amide bonds. The van der Waals surface area contributed by atoms with Gasteiger partial charge in [0.25, 0.3) is 5.91 Å². The minimum absolute atomic E-state index is 0.108. The number of carbonyl (C=O) groups is 2. The van der Waals surface area contributed by atoms with Crippen molar-refractivity contribution in [1.82, 2.24) is 15.5 Å². The van der Waals surface area contributed by atoms with Gasteiger partial charge in [-0.1, -0.05) is 42.3 Å². The van der Waals surface area contributed by atoms with Crippen LogP contribution in [0.1, 0.15) is 59.0 Å². The Labute approximate surface area is 181 Å². The van der Waals surface area contributed by atoms with Gasteiger partial charge in [-0.05, 0) is 56.0 Å². The van der Waals surface area contributed by atoms with E-state index in [1.807, 2.05) is 32.0 Å². The van der Waals surface area contributed by atoms with Crippen LogP contribution in [-0.4, -0.2) is 28.5 Å². The highest BCUT2D eigenvalue weighted by molar-refractivity contribution is 5.99. The number of carbonyl (C=O) groups excluding carboxylic acids is 2. The van der Waals surface area contributed by atoms with Crippen LogP contribution < -0.4 is 10.6 Å². The number of aromatic nitrogens is 2. The number of aryl methyl sites for hydroxylation is 2. The van der Waals surface area contributed by atoms with E-state index >= 15 is 0 Å². The average Bonchev–Trinajstić information content (AvgIpc) is 3.47. The van der Waals surface area contributed by atoms with Gasteiger partial charge >= 0.3 is 0 Å². The number of amides is 2. The molecule has 1 aromatic heterocycles. The molecule has 1 aliphatic carbocycles. The number of rotatable bonds is 6. The highest BCUT2D eigenvalue weighted by Crippen LogP contribution is 2.33. The number of benzene rings is 2. The van der Waals surface area contributed by atoms with Crippen LogP contribution >= 0.6 is 0 Å². The molecule has 0 atom stereocenters. The van der Waals surface area contributed by atoms with Gasteiger partial charge in [0.1, 0.15) is 0 Å². The van der Waals surface area contributed by atoms with Crippen molar-refractivity contribution in [3.63, 3.8) is 0 Å². The maximum atomic E-state index is 12.4. The van der Waals surface area contributed by atoms with E-state index in [1.54, 1.807) is 24.3 Å². The van der Waals surface area contributed by atoms with Crippen molar-refractivity contribution >= 4 is 17.5 Å². The molecule has 0 radical (unpaired) electrons. The molecule has 1 fully saturated rings. The van der Waals surface area contributed by atoms with E-state index in [4.69, 9.17) is 4.52 Å².